The topological polar surface area (TPSA) is 26.0 Å². The Morgan fingerprint density at radius 3 is 3.06 bits per heavy atom. The third-order valence-electron chi connectivity index (χ3n) is 3.19. The molecule has 0 heterocycles. The summed E-state index contributed by atoms with van der Waals surface area (Å²) < 4.78 is 0. The molecule has 2 rings (SSSR count). The van der Waals surface area contributed by atoms with Crippen molar-refractivity contribution in [2.75, 3.05) is 6.54 Å². The zero-order chi connectivity index (χ0) is 11.4. The number of hydrogen-bond donors (Lipinski definition) is 1. The SMILES string of the molecule is C/C(=C\C=C/CN)c1cccc2c1CCC2. The zero-order valence-corrected chi connectivity index (χ0v) is 9.87. The maximum atomic E-state index is 5.43. The molecular formula is C15H19N. The molecule has 0 aliphatic heterocycles. The van der Waals surface area contributed by atoms with Crippen molar-refractivity contribution < 1.29 is 0 Å². The smallest absolute Gasteiger partial charge is 0.0109 e. The van der Waals surface area contributed by atoms with E-state index in [0.717, 1.165) is 0 Å². The number of hydrogen-bond acceptors (Lipinski definition) is 1. The summed E-state index contributed by atoms with van der Waals surface area (Å²) in [5.41, 5.74) is 11.3. The summed E-state index contributed by atoms with van der Waals surface area (Å²) in [5.74, 6) is 0. The van der Waals surface area contributed by atoms with Crippen LogP contribution in [-0.4, -0.2) is 6.54 Å². The van der Waals surface area contributed by atoms with E-state index in [-0.39, 0.29) is 0 Å². The molecule has 1 heteroatoms. The quantitative estimate of drug-likeness (QED) is 0.767. The van der Waals surface area contributed by atoms with E-state index in [1.54, 1.807) is 5.56 Å². The van der Waals surface area contributed by atoms with Gasteiger partial charge in [-0.1, -0.05) is 36.4 Å². The van der Waals surface area contributed by atoms with E-state index in [1.807, 2.05) is 12.2 Å². The first kappa shape index (κ1) is 11.2. The van der Waals surface area contributed by atoms with E-state index in [2.05, 4.69) is 31.2 Å². The number of aryl methyl sites for hydroxylation is 1. The van der Waals surface area contributed by atoms with E-state index < -0.39 is 0 Å². The van der Waals surface area contributed by atoms with Crippen LogP contribution in [0.4, 0.5) is 0 Å². The van der Waals surface area contributed by atoms with E-state index in [0.29, 0.717) is 6.54 Å². The molecule has 0 saturated heterocycles. The summed E-state index contributed by atoms with van der Waals surface area (Å²) in [7, 11) is 0. The van der Waals surface area contributed by atoms with Crippen LogP contribution in [0.2, 0.25) is 0 Å². The monoisotopic (exact) mass is 213 g/mol. The van der Waals surface area contributed by atoms with Crippen LogP contribution in [0.1, 0.15) is 30.0 Å². The van der Waals surface area contributed by atoms with Gasteiger partial charge in [-0.25, -0.2) is 0 Å². The summed E-state index contributed by atoms with van der Waals surface area (Å²) in [4.78, 5) is 0. The Morgan fingerprint density at radius 2 is 2.25 bits per heavy atom. The van der Waals surface area contributed by atoms with Crippen molar-refractivity contribution in [3.63, 3.8) is 0 Å². The Bertz CT molecular complexity index is 427. The standard InChI is InChI=1S/C15H19N/c1-12(6-2-3-11-16)14-9-4-7-13-8-5-10-15(13)14/h2-4,6-7,9H,5,8,10-11,16H2,1H3/b3-2-,12-6+. The van der Waals surface area contributed by atoms with Gasteiger partial charge in [0.1, 0.15) is 0 Å². The number of allylic oxidation sites excluding steroid dienone is 3. The molecule has 2 N–H and O–H groups in total. The van der Waals surface area contributed by atoms with Crippen LogP contribution in [0.15, 0.2) is 36.4 Å². The van der Waals surface area contributed by atoms with Gasteiger partial charge in [0.25, 0.3) is 0 Å². The van der Waals surface area contributed by atoms with Gasteiger partial charge in [-0.3, -0.25) is 0 Å². The van der Waals surface area contributed by atoms with Crippen LogP contribution in [0, 0.1) is 0 Å². The average Bonchev–Trinajstić information content (AvgIpc) is 2.76. The van der Waals surface area contributed by atoms with Crippen LogP contribution in [0.5, 0.6) is 0 Å². The third kappa shape index (κ3) is 2.25. The molecule has 1 nitrogen and oxygen atoms in total. The summed E-state index contributed by atoms with van der Waals surface area (Å²) in [5, 5.41) is 0. The van der Waals surface area contributed by atoms with Crippen molar-refractivity contribution in [1.29, 1.82) is 0 Å². The van der Waals surface area contributed by atoms with Gasteiger partial charge in [-0.15, -0.1) is 0 Å². The highest BCUT2D eigenvalue weighted by molar-refractivity contribution is 5.69. The van der Waals surface area contributed by atoms with Crippen molar-refractivity contribution in [3.05, 3.63) is 53.1 Å². The summed E-state index contributed by atoms with van der Waals surface area (Å²) >= 11 is 0. The minimum Gasteiger partial charge on any atom is -0.327 e. The molecule has 1 aliphatic carbocycles. The predicted octanol–water partition coefficient (Wildman–Crippen LogP) is 3.09. The van der Waals surface area contributed by atoms with Crippen molar-refractivity contribution >= 4 is 5.57 Å². The van der Waals surface area contributed by atoms with Crippen molar-refractivity contribution in [3.8, 4) is 0 Å². The van der Waals surface area contributed by atoms with Gasteiger partial charge in [0.2, 0.25) is 0 Å². The fraction of sp³-hybridized carbons (Fsp3) is 0.333. The zero-order valence-electron chi connectivity index (χ0n) is 9.87. The second-order valence-corrected chi connectivity index (χ2v) is 4.31. The van der Waals surface area contributed by atoms with Gasteiger partial charge < -0.3 is 5.73 Å². The molecule has 1 aromatic carbocycles. The Balaban J connectivity index is 2.30. The Hall–Kier alpha value is -1.34. The lowest BCUT2D eigenvalue weighted by Gasteiger charge is -2.08. The summed E-state index contributed by atoms with van der Waals surface area (Å²) in [6, 6.07) is 6.66. The van der Waals surface area contributed by atoms with Crippen LogP contribution in [0.3, 0.4) is 0 Å². The second-order valence-electron chi connectivity index (χ2n) is 4.31. The van der Waals surface area contributed by atoms with E-state index >= 15 is 0 Å². The first-order valence-electron chi connectivity index (χ1n) is 5.97. The van der Waals surface area contributed by atoms with Gasteiger partial charge in [-0.05, 0) is 48.4 Å². The molecule has 0 unspecified atom stereocenters. The lowest BCUT2D eigenvalue weighted by molar-refractivity contribution is 0.911. The molecule has 0 saturated carbocycles. The minimum absolute atomic E-state index is 0.608. The third-order valence-corrected chi connectivity index (χ3v) is 3.19. The molecule has 0 aromatic heterocycles. The van der Waals surface area contributed by atoms with E-state index in [1.165, 1.54) is 36.0 Å². The Kier molecular flexibility index (Phi) is 3.58. The highest BCUT2D eigenvalue weighted by Crippen LogP contribution is 2.29. The van der Waals surface area contributed by atoms with E-state index in [4.69, 9.17) is 5.73 Å². The molecular weight excluding hydrogens is 194 g/mol. The van der Waals surface area contributed by atoms with Crippen LogP contribution in [-0.2, 0) is 12.8 Å². The van der Waals surface area contributed by atoms with Crippen LogP contribution in [0.25, 0.3) is 5.57 Å². The highest BCUT2D eigenvalue weighted by Gasteiger charge is 2.14. The maximum Gasteiger partial charge on any atom is 0.0109 e. The summed E-state index contributed by atoms with van der Waals surface area (Å²) in [6.45, 7) is 2.78. The largest absolute Gasteiger partial charge is 0.327 e. The fourth-order valence-corrected chi connectivity index (χ4v) is 2.37. The van der Waals surface area contributed by atoms with Crippen LogP contribution >= 0.6 is 0 Å². The van der Waals surface area contributed by atoms with Crippen molar-refractivity contribution in [2.24, 2.45) is 5.73 Å². The van der Waals surface area contributed by atoms with Gasteiger partial charge >= 0.3 is 0 Å². The van der Waals surface area contributed by atoms with Gasteiger partial charge in [0.15, 0.2) is 0 Å². The second kappa shape index (κ2) is 5.13. The lowest BCUT2D eigenvalue weighted by Crippen LogP contribution is -1.92. The molecule has 0 bridgehead atoms. The molecule has 16 heavy (non-hydrogen) atoms. The van der Waals surface area contributed by atoms with Gasteiger partial charge in [-0.2, -0.15) is 0 Å². The number of fused-ring (bicyclic) bond motifs is 1. The van der Waals surface area contributed by atoms with Crippen LogP contribution < -0.4 is 5.73 Å². The maximum absolute atomic E-state index is 5.43. The van der Waals surface area contributed by atoms with Gasteiger partial charge in [0.05, 0.1) is 0 Å². The highest BCUT2D eigenvalue weighted by atomic mass is 14.5. The molecule has 0 radical (unpaired) electrons. The number of benzene rings is 1. The van der Waals surface area contributed by atoms with Crippen molar-refractivity contribution in [1.82, 2.24) is 0 Å². The lowest BCUT2D eigenvalue weighted by atomic mass is 9.97. The van der Waals surface area contributed by atoms with Crippen molar-refractivity contribution in [2.45, 2.75) is 26.2 Å². The normalized spacial score (nSPS) is 15.8. The molecule has 0 fully saturated rings. The number of rotatable bonds is 3. The molecule has 84 valence electrons. The predicted molar refractivity (Wildman–Crippen MR) is 70.3 cm³/mol. The molecule has 1 aromatic rings. The van der Waals surface area contributed by atoms with E-state index in [9.17, 15) is 0 Å². The fourth-order valence-electron chi connectivity index (χ4n) is 2.37. The Labute approximate surface area is 97.7 Å². The molecule has 1 aliphatic rings. The minimum atomic E-state index is 0.608. The molecule has 0 spiro atoms. The first-order chi connectivity index (χ1) is 7.83. The molecule has 0 atom stereocenters. The first-order valence-corrected chi connectivity index (χ1v) is 5.97. The summed E-state index contributed by atoms with van der Waals surface area (Å²) in [6.07, 6.45) is 9.96. The number of nitrogens with two attached hydrogens (primary N) is 1. The Morgan fingerprint density at radius 1 is 1.38 bits per heavy atom. The average molecular weight is 213 g/mol. The molecule has 0 amide bonds. The van der Waals surface area contributed by atoms with Gasteiger partial charge in [0, 0.05) is 6.54 Å².